The first-order chi connectivity index (χ1) is 13.9. The van der Waals surface area contributed by atoms with Crippen LogP contribution in [0.2, 0.25) is 0 Å². The highest BCUT2D eigenvalue weighted by molar-refractivity contribution is 5.80. The molecule has 0 aromatic carbocycles. The van der Waals surface area contributed by atoms with Crippen molar-refractivity contribution in [2.24, 2.45) is 17.6 Å². The molecule has 29 heavy (non-hydrogen) atoms. The SMILES string of the molecule is CC/C(N)=C/NCCCCCC(=O)C(C)CC.CCCCCC(C)CCCCC. The first kappa shape index (κ1) is 30.2. The summed E-state index contributed by atoms with van der Waals surface area (Å²) in [6.45, 7) is 14.0. The number of Topliss-reactive ketones (excluding diaryl/α,β-unsaturated/α-hetero) is 1. The summed E-state index contributed by atoms with van der Waals surface area (Å²) < 4.78 is 0. The summed E-state index contributed by atoms with van der Waals surface area (Å²) in [4.78, 5) is 11.5. The van der Waals surface area contributed by atoms with Gasteiger partial charge in [-0.25, -0.2) is 0 Å². The van der Waals surface area contributed by atoms with Crippen LogP contribution >= 0.6 is 0 Å². The van der Waals surface area contributed by atoms with Crippen LogP contribution in [0.5, 0.6) is 0 Å². The molecule has 3 N–H and O–H groups in total. The van der Waals surface area contributed by atoms with Gasteiger partial charge in [0.2, 0.25) is 0 Å². The second-order valence-corrected chi connectivity index (χ2v) is 8.71. The molecule has 0 aromatic heterocycles. The zero-order valence-corrected chi connectivity index (χ0v) is 20.8. The standard InChI is InChI=1S/C14H28N2O.C12H26/c1-4-12(3)14(17)9-7-6-8-10-16-11-13(15)5-2;1-4-6-8-10-12(3)11-9-7-5-2/h11-12,16H,4-10,15H2,1-3H3;12H,4-11H2,1-3H3/b13-11-;. The molecule has 0 aliphatic rings. The normalized spacial score (nSPS) is 12.4. The van der Waals surface area contributed by atoms with Gasteiger partial charge in [-0.05, 0) is 31.6 Å². The molecule has 0 amide bonds. The fraction of sp³-hybridized carbons (Fsp3) is 0.885. The Labute approximate surface area is 183 Å². The molecular weight excluding hydrogens is 356 g/mol. The van der Waals surface area contributed by atoms with E-state index < -0.39 is 0 Å². The third kappa shape index (κ3) is 23.2. The lowest BCUT2D eigenvalue weighted by Crippen LogP contribution is -2.12. The number of hydrogen-bond donors (Lipinski definition) is 2. The number of hydrogen-bond acceptors (Lipinski definition) is 3. The second-order valence-electron chi connectivity index (χ2n) is 8.71. The zero-order chi connectivity index (χ0) is 22.3. The molecule has 0 saturated carbocycles. The van der Waals surface area contributed by atoms with Gasteiger partial charge in [-0.1, -0.05) is 99.3 Å². The van der Waals surface area contributed by atoms with Crippen LogP contribution in [-0.2, 0) is 4.79 Å². The molecule has 0 fully saturated rings. The molecule has 0 radical (unpaired) electrons. The number of ketones is 1. The highest BCUT2D eigenvalue weighted by atomic mass is 16.1. The lowest BCUT2D eigenvalue weighted by molar-refractivity contribution is -0.122. The highest BCUT2D eigenvalue weighted by Gasteiger charge is 2.09. The highest BCUT2D eigenvalue weighted by Crippen LogP contribution is 2.16. The lowest BCUT2D eigenvalue weighted by Gasteiger charge is -2.09. The van der Waals surface area contributed by atoms with Gasteiger partial charge in [-0.3, -0.25) is 4.79 Å². The van der Waals surface area contributed by atoms with Crippen molar-refractivity contribution in [2.75, 3.05) is 6.54 Å². The molecule has 0 heterocycles. The molecule has 1 unspecified atom stereocenters. The monoisotopic (exact) mass is 410 g/mol. The Morgan fingerprint density at radius 3 is 1.93 bits per heavy atom. The smallest absolute Gasteiger partial charge is 0.135 e. The number of allylic oxidation sites excluding steroid dienone is 1. The molecule has 0 aliphatic carbocycles. The lowest BCUT2D eigenvalue weighted by atomic mass is 9.97. The van der Waals surface area contributed by atoms with Gasteiger partial charge in [-0.15, -0.1) is 0 Å². The van der Waals surface area contributed by atoms with E-state index in [0.29, 0.717) is 5.78 Å². The molecule has 0 spiro atoms. The largest absolute Gasteiger partial charge is 0.401 e. The average molecular weight is 411 g/mol. The summed E-state index contributed by atoms with van der Waals surface area (Å²) in [6, 6.07) is 0. The molecule has 0 aromatic rings. The van der Waals surface area contributed by atoms with E-state index in [-0.39, 0.29) is 5.92 Å². The van der Waals surface area contributed by atoms with Crippen LogP contribution in [0.15, 0.2) is 11.9 Å². The van der Waals surface area contributed by atoms with Gasteiger partial charge in [-0.2, -0.15) is 0 Å². The van der Waals surface area contributed by atoms with Crippen molar-refractivity contribution in [3.8, 4) is 0 Å². The third-order valence-electron chi connectivity index (χ3n) is 5.70. The van der Waals surface area contributed by atoms with Crippen molar-refractivity contribution >= 4 is 5.78 Å². The zero-order valence-electron chi connectivity index (χ0n) is 20.8. The summed E-state index contributed by atoms with van der Waals surface area (Å²) in [5.74, 6) is 1.62. The number of carbonyl (C=O) groups excluding carboxylic acids is 1. The molecule has 0 aliphatic heterocycles. The van der Waals surface area contributed by atoms with Crippen molar-refractivity contribution in [1.82, 2.24) is 5.32 Å². The van der Waals surface area contributed by atoms with Crippen molar-refractivity contribution in [3.63, 3.8) is 0 Å². The van der Waals surface area contributed by atoms with E-state index in [1.165, 1.54) is 51.4 Å². The minimum absolute atomic E-state index is 0.236. The predicted octanol–water partition coefficient (Wildman–Crippen LogP) is 7.74. The fourth-order valence-corrected chi connectivity index (χ4v) is 3.11. The summed E-state index contributed by atoms with van der Waals surface area (Å²) in [6.07, 6.45) is 19.1. The topological polar surface area (TPSA) is 55.1 Å². The van der Waals surface area contributed by atoms with Crippen LogP contribution in [0.25, 0.3) is 0 Å². The number of nitrogens with one attached hydrogen (secondary N) is 1. The van der Waals surface area contributed by atoms with Crippen molar-refractivity contribution in [2.45, 2.75) is 131 Å². The maximum absolute atomic E-state index is 11.5. The Balaban J connectivity index is 0. The van der Waals surface area contributed by atoms with Crippen molar-refractivity contribution in [3.05, 3.63) is 11.9 Å². The molecule has 0 bridgehead atoms. The summed E-state index contributed by atoms with van der Waals surface area (Å²) >= 11 is 0. The quantitative estimate of drug-likeness (QED) is 0.227. The first-order valence-electron chi connectivity index (χ1n) is 12.6. The first-order valence-corrected chi connectivity index (χ1v) is 12.6. The molecule has 174 valence electrons. The summed E-state index contributed by atoms with van der Waals surface area (Å²) in [5.41, 5.74) is 6.54. The Morgan fingerprint density at radius 2 is 1.45 bits per heavy atom. The third-order valence-corrected chi connectivity index (χ3v) is 5.70. The van der Waals surface area contributed by atoms with Gasteiger partial charge < -0.3 is 11.1 Å². The number of nitrogens with two attached hydrogens (primary N) is 1. The maximum Gasteiger partial charge on any atom is 0.135 e. The van der Waals surface area contributed by atoms with Crippen LogP contribution in [0.4, 0.5) is 0 Å². The van der Waals surface area contributed by atoms with E-state index in [9.17, 15) is 4.79 Å². The van der Waals surface area contributed by atoms with Crippen molar-refractivity contribution in [1.29, 1.82) is 0 Å². The van der Waals surface area contributed by atoms with E-state index >= 15 is 0 Å². The minimum Gasteiger partial charge on any atom is -0.401 e. The molecule has 3 nitrogen and oxygen atoms in total. The predicted molar refractivity (Wildman–Crippen MR) is 131 cm³/mol. The van der Waals surface area contributed by atoms with Crippen LogP contribution < -0.4 is 11.1 Å². The molecule has 1 atom stereocenters. The van der Waals surface area contributed by atoms with Crippen LogP contribution in [0.1, 0.15) is 131 Å². The van der Waals surface area contributed by atoms with Crippen LogP contribution in [0, 0.1) is 11.8 Å². The van der Waals surface area contributed by atoms with E-state index in [1.54, 1.807) is 0 Å². The summed E-state index contributed by atoms with van der Waals surface area (Å²) in [7, 11) is 0. The van der Waals surface area contributed by atoms with Gasteiger partial charge in [0.05, 0.1) is 0 Å². The molecule has 0 saturated heterocycles. The Hall–Kier alpha value is -0.990. The van der Waals surface area contributed by atoms with Gasteiger partial charge >= 0.3 is 0 Å². The van der Waals surface area contributed by atoms with Gasteiger partial charge in [0.1, 0.15) is 5.78 Å². The summed E-state index contributed by atoms with van der Waals surface area (Å²) in [5, 5.41) is 3.19. The number of rotatable bonds is 18. The molecule has 3 heteroatoms. The Bertz CT molecular complexity index is 369. The van der Waals surface area contributed by atoms with E-state index in [4.69, 9.17) is 5.73 Å². The maximum atomic E-state index is 11.5. The van der Waals surface area contributed by atoms with E-state index in [2.05, 4.69) is 33.0 Å². The van der Waals surface area contributed by atoms with E-state index in [1.807, 2.05) is 20.0 Å². The Morgan fingerprint density at radius 1 is 0.862 bits per heavy atom. The fourth-order valence-electron chi connectivity index (χ4n) is 3.11. The Kier molecular flexibility index (Phi) is 24.3. The molecular formula is C26H54N2O. The van der Waals surface area contributed by atoms with E-state index in [0.717, 1.165) is 56.7 Å². The van der Waals surface area contributed by atoms with Crippen molar-refractivity contribution < 1.29 is 4.79 Å². The minimum atomic E-state index is 0.236. The van der Waals surface area contributed by atoms with Gasteiger partial charge in [0.25, 0.3) is 0 Å². The molecule has 0 rings (SSSR count). The second kappa shape index (κ2) is 23.3. The number of unbranched alkanes of at least 4 members (excludes halogenated alkanes) is 6. The van der Waals surface area contributed by atoms with Crippen LogP contribution in [-0.4, -0.2) is 12.3 Å². The number of carbonyl (C=O) groups is 1. The van der Waals surface area contributed by atoms with Gasteiger partial charge in [0, 0.05) is 30.8 Å². The van der Waals surface area contributed by atoms with Crippen LogP contribution in [0.3, 0.4) is 0 Å². The average Bonchev–Trinajstić information content (AvgIpc) is 2.72. The van der Waals surface area contributed by atoms with Gasteiger partial charge in [0.15, 0.2) is 0 Å².